The van der Waals surface area contributed by atoms with Gasteiger partial charge in [-0.1, -0.05) is 41.4 Å². The van der Waals surface area contributed by atoms with E-state index < -0.39 is 0 Å². The van der Waals surface area contributed by atoms with Crippen molar-refractivity contribution >= 4 is 15.9 Å². The van der Waals surface area contributed by atoms with Crippen molar-refractivity contribution in [3.8, 4) is 0 Å². The Labute approximate surface area is 119 Å². The van der Waals surface area contributed by atoms with Crippen LogP contribution in [0.3, 0.4) is 0 Å². The van der Waals surface area contributed by atoms with Crippen LogP contribution < -0.4 is 5.32 Å². The van der Waals surface area contributed by atoms with Crippen LogP contribution in [0.5, 0.6) is 0 Å². The molecule has 0 heterocycles. The standard InChI is InChI=1S/C16H24BrN/c1-12-3-4-15(9-12)11-18-13(2)10-14-5-7-16(17)8-6-14/h5-8,12-13,15,18H,3-4,9-11H2,1-2H3. The molecule has 1 N–H and O–H groups in total. The highest BCUT2D eigenvalue weighted by molar-refractivity contribution is 9.10. The smallest absolute Gasteiger partial charge is 0.0175 e. The highest BCUT2D eigenvalue weighted by atomic mass is 79.9. The number of halogens is 1. The summed E-state index contributed by atoms with van der Waals surface area (Å²) in [6.07, 6.45) is 5.38. The minimum atomic E-state index is 0.571. The molecule has 1 aliphatic rings. The lowest BCUT2D eigenvalue weighted by molar-refractivity contribution is 0.433. The van der Waals surface area contributed by atoms with Crippen LogP contribution in [0.1, 0.15) is 38.7 Å². The Morgan fingerprint density at radius 3 is 2.61 bits per heavy atom. The molecule has 0 spiro atoms. The van der Waals surface area contributed by atoms with Crippen molar-refractivity contribution in [2.75, 3.05) is 6.54 Å². The Kier molecular flexibility index (Phi) is 5.25. The zero-order valence-corrected chi connectivity index (χ0v) is 13.0. The molecule has 0 aromatic heterocycles. The quantitative estimate of drug-likeness (QED) is 0.849. The molecule has 0 aliphatic heterocycles. The van der Waals surface area contributed by atoms with Crippen LogP contribution in [0.4, 0.5) is 0 Å². The number of hydrogen-bond donors (Lipinski definition) is 1. The van der Waals surface area contributed by atoms with Crippen molar-refractivity contribution < 1.29 is 0 Å². The highest BCUT2D eigenvalue weighted by Gasteiger charge is 2.21. The van der Waals surface area contributed by atoms with Crippen molar-refractivity contribution in [3.05, 3.63) is 34.3 Å². The van der Waals surface area contributed by atoms with Gasteiger partial charge in [-0.05, 0) is 62.3 Å². The summed E-state index contributed by atoms with van der Waals surface area (Å²) in [6.45, 7) is 5.87. The molecule has 1 aromatic carbocycles. The first-order valence-electron chi connectivity index (χ1n) is 7.11. The van der Waals surface area contributed by atoms with Crippen LogP contribution in [0.15, 0.2) is 28.7 Å². The minimum absolute atomic E-state index is 0.571. The molecule has 0 saturated heterocycles. The third-order valence-corrected chi connectivity index (χ3v) is 4.54. The average molecular weight is 310 g/mol. The fourth-order valence-corrected chi connectivity index (χ4v) is 3.19. The molecule has 1 aromatic rings. The molecule has 1 nitrogen and oxygen atoms in total. The zero-order valence-electron chi connectivity index (χ0n) is 11.5. The number of rotatable bonds is 5. The molecule has 0 amide bonds. The van der Waals surface area contributed by atoms with Gasteiger partial charge in [0.2, 0.25) is 0 Å². The largest absolute Gasteiger partial charge is 0.314 e. The minimum Gasteiger partial charge on any atom is -0.314 e. The van der Waals surface area contributed by atoms with E-state index >= 15 is 0 Å². The first kappa shape index (κ1) is 14.1. The van der Waals surface area contributed by atoms with Crippen LogP contribution >= 0.6 is 15.9 Å². The lowest BCUT2D eigenvalue weighted by atomic mass is 10.0. The molecule has 2 heteroatoms. The predicted molar refractivity (Wildman–Crippen MR) is 81.8 cm³/mol. The van der Waals surface area contributed by atoms with Gasteiger partial charge in [0.1, 0.15) is 0 Å². The van der Waals surface area contributed by atoms with Gasteiger partial charge in [-0.15, -0.1) is 0 Å². The molecule has 0 bridgehead atoms. The number of nitrogens with one attached hydrogen (secondary N) is 1. The monoisotopic (exact) mass is 309 g/mol. The number of benzene rings is 1. The molecular weight excluding hydrogens is 286 g/mol. The van der Waals surface area contributed by atoms with E-state index in [1.54, 1.807) is 0 Å². The Morgan fingerprint density at radius 1 is 1.28 bits per heavy atom. The van der Waals surface area contributed by atoms with Crippen molar-refractivity contribution in [2.24, 2.45) is 11.8 Å². The third kappa shape index (κ3) is 4.40. The lowest BCUT2D eigenvalue weighted by Crippen LogP contribution is -2.32. The van der Waals surface area contributed by atoms with Crippen LogP contribution in [-0.4, -0.2) is 12.6 Å². The van der Waals surface area contributed by atoms with E-state index in [0.717, 1.165) is 22.7 Å². The Balaban J connectivity index is 1.71. The maximum Gasteiger partial charge on any atom is 0.0175 e. The van der Waals surface area contributed by atoms with E-state index in [2.05, 4.69) is 59.4 Å². The summed E-state index contributed by atoms with van der Waals surface area (Å²) in [5.74, 6) is 1.85. The molecule has 0 radical (unpaired) electrons. The van der Waals surface area contributed by atoms with Gasteiger partial charge in [0.15, 0.2) is 0 Å². The van der Waals surface area contributed by atoms with E-state index in [0.29, 0.717) is 6.04 Å². The summed E-state index contributed by atoms with van der Waals surface area (Å²) in [7, 11) is 0. The Morgan fingerprint density at radius 2 is 2.00 bits per heavy atom. The second-order valence-corrected chi connectivity index (χ2v) is 6.84. The molecular formula is C16H24BrN. The molecule has 3 atom stereocenters. The SMILES string of the molecule is CC1CCC(CNC(C)Cc2ccc(Br)cc2)C1. The first-order chi connectivity index (χ1) is 8.63. The van der Waals surface area contributed by atoms with Crippen LogP contribution in [0.2, 0.25) is 0 Å². The van der Waals surface area contributed by atoms with Crippen LogP contribution in [-0.2, 0) is 6.42 Å². The lowest BCUT2D eigenvalue weighted by Gasteiger charge is -2.17. The summed E-state index contributed by atoms with van der Waals surface area (Å²) in [5, 5.41) is 3.70. The second-order valence-electron chi connectivity index (χ2n) is 5.92. The van der Waals surface area contributed by atoms with E-state index in [4.69, 9.17) is 0 Å². The fraction of sp³-hybridized carbons (Fsp3) is 0.625. The normalized spacial score (nSPS) is 25.3. The highest BCUT2D eigenvalue weighted by Crippen LogP contribution is 2.29. The predicted octanol–water partition coefficient (Wildman–Crippen LogP) is 4.41. The van der Waals surface area contributed by atoms with Gasteiger partial charge < -0.3 is 5.32 Å². The van der Waals surface area contributed by atoms with E-state index in [9.17, 15) is 0 Å². The van der Waals surface area contributed by atoms with Crippen molar-refractivity contribution in [3.63, 3.8) is 0 Å². The maximum absolute atomic E-state index is 3.70. The van der Waals surface area contributed by atoms with Gasteiger partial charge in [0, 0.05) is 10.5 Å². The van der Waals surface area contributed by atoms with E-state index in [-0.39, 0.29) is 0 Å². The molecule has 1 saturated carbocycles. The van der Waals surface area contributed by atoms with Gasteiger partial charge in [-0.25, -0.2) is 0 Å². The summed E-state index contributed by atoms with van der Waals surface area (Å²) in [5.41, 5.74) is 1.41. The van der Waals surface area contributed by atoms with Crippen LogP contribution in [0, 0.1) is 11.8 Å². The summed E-state index contributed by atoms with van der Waals surface area (Å²) >= 11 is 3.48. The van der Waals surface area contributed by atoms with Crippen molar-refractivity contribution in [1.29, 1.82) is 0 Å². The molecule has 3 unspecified atom stereocenters. The van der Waals surface area contributed by atoms with Gasteiger partial charge in [0.25, 0.3) is 0 Å². The van der Waals surface area contributed by atoms with Gasteiger partial charge in [0.05, 0.1) is 0 Å². The Bertz CT molecular complexity index is 360. The van der Waals surface area contributed by atoms with Gasteiger partial charge in [-0.3, -0.25) is 0 Å². The first-order valence-corrected chi connectivity index (χ1v) is 7.90. The maximum atomic E-state index is 3.70. The van der Waals surface area contributed by atoms with Gasteiger partial charge >= 0.3 is 0 Å². The second kappa shape index (κ2) is 6.72. The molecule has 1 aliphatic carbocycles. The number of hydrogen-bond acceptors (Lipinski definition) is 1. The van der Waals surface area contributed by atoms with Gasteiger partial charge in [-0.2, -0.15) is 0 Å². The molecule has 18 heavy (non-hydrogen) atoms. The molecule has 100 valence electrons. The Hall–Kier alpha value is -0.340. The summed E-state index contributed by atoms with van der Waals surface area (Å²) in [4.78, 5) is 0. The van der Waals surface area contributed by atoms with Crippen molar-refractivity contribution in [2.45, 2.75) is 45.6 Å². The average Bonchev–Trinajstić information content (AvgIpc) is 2.76. The third-order valence-electron chi connectivity index (χ3n) is 4.01. The summed E-state index contributed by atoms with van der Waals surface area (Å²) < 4.78 is 1.16. The van der Waals surface area contributed by atoms with Crippen molar-refractivity contribution in [1.82, 2.24) is 5.32 Å². The van der Waals surface area contributed by atoms with E-state index in [1.807, 2.05) is 0 Å². The molecule has 1 fully saturated rings. The zero-order chi connectivity index (χ0) is 13.0. The van der Waals surface area contributed by atoms with E-state index in [1.165, 1.54) is 31.4 Å². The van der Waals surface area contributed by atoms with Crippen LogP contribution in [0.25, 0.3) is 0 Å². The fourth-order valence-electron chi connectivity index (χ4n) is 2.92. The topological polar surface area (TPSA) is 12.0 Å². The molecule has 2 rings (SSSR count). The summed E-state index contributed by atoms with van der Waals surface area (Å²) in [6, 6.07) is 9.24.